The van der Waals surface area contributed by atoms with Gasteiger partial charge >= 0.3 is 5.97 Å². The molecule has 0 aliphatic heterocycles. The number of benzene rings is 1. The van der Waals surface area contributed by atoms with Crippen LogP contribution in [0.2, 0.25) is 0 Å². The highest BCUT2D eigenvalue weighted by Crippen LogP contribution is 2.14. The van der Waals surface area contributed by atoms with E-state index < -0.39 is 0 Å². The molecule has 1 rings (SSSR count). The molecule has 1 aromatic rings. The van der Waals surface area contributed by atoms with E-state index in [0.717, 1.165) is 17.9 Å². The molecule has 1 aromatic carbocycles. The van der Waals surface area contributed by atoms with Gasteiger partial charge in [0.25, 0.3) is 0 Å². The lowest BCUT2D eigenvalue weighted by Gasteiger charge is -2.10. The fraction of sp³-hybridized carbons (Fsp3) is 0.429. The second-order valence-corrected chi connectivity index (χ2v) is 7.16. The highest BCUT2D eigenvalue weighted by molar-refractivity contribution is 8.76. The van der Waals surface area contributed by atoms with Gasteiger partial charge in [0.2, 0.25) is 0 Å². The molecule has 0 aliphatic rings. The summed E-state index contributed by atoms with van der Waals surface area (Å²) in [5.74, 6) is 0.759. The summed E-state index contributed by atoms with van der Waals surface area (Å²) in [6, 6.07) is 9.63. The van der Waals surface area contributed by atoms with Crippen LogP contribution < -0.4 is 10.6 Å². The van der Waals surface area contributed by atoms with Crippen LogP contribution in [-0.4, -0.2) is 36.2 Å². The van der Waals surface area contributed by atoms with Gasteiger partial charge in [-0.1, -0.05) is 51.9 Å². The van der Waals surface area contributed by atoms with E-state index >= 15 is 0 Å². The van der Waals surface area contributed by atoms with Gasteiger partial charge in [-0.15, -0.1) is 0 Å². The SMILES string of the molecule is CSSCCNC(=S)NCCC(=O)OCc1ccccc1. The number of esters is 1. The number of nitrogens with one attached hydrogen (secondary N) is 2. The molecule has 0 spiro atoms. The number of hydrogen-bond acceptors (Lipinski definition) is 5. The lowest BCUT2D eigenvalue weighted by Crippen LogP contribution is -2.37. The molecular weight excluding hydrogens is 324 g/mol. The Hall–Kier alpha value is -0.920. The summed E-state index contributed by atoms with van der Waals surface area (Å²) in [4.78, 5) is 11.6. The van der Waals surface area contributed by atoms with E-state index in [1.165, 1.54) is 0 Å². The lowest BCUT2D eigenvalue weighted by atomic mass is 10.2. The first-order valence-electron chi connectivity index (χ1n) is 6.59. The molecule has 0 aliphatic carbocycles. The Morgan fingerprint density at radius 3 is 2.67 bits per heavy atom. The van der Waals surface area contributed by atoms with E-state index in [4.69, 9.17) is 17.0 Å². The average Bonchev–Trinajstić information content (AvgIpc) is 2.50. The van der Waals surface area contributed by atoms with Crippen molar-refractivity contribution in [2.75, 3.05) is 25.1 Å². The zero-order valence-corrected chi connectivity index (χ0v) is 14.4. The van der Waals surface area contributed by atoms with Crippen molar-refractivity contribution in [2.45, 2.75) is 13.0 Å². The van der Waals surface area contributed by atoms with Gasteiger partial charge in [0.15, 0.2) is 5.11 Å². The molecule has 116 valence electrons. The number of carbonyl (C=O) groups is 1. The van der Waals surface area contributed by atoms with Crippen LogP contribution in [0.15, 0.2) is 30.3 Å². The van der Waals surface area contributed by atoms with Crippen LogP contribution in [0.4, 0.5) is 0 Å². The Kier molecular flexibility index (Phi) is 10.1. The van der Waals surface area contributed by atoms with Gasteiger partial charge in [-0.2, -0.15) is 0 Å². The minimum atomic E-state index is -0.230. The monoisotopic (exact) mass is 344 g/mol. The molecule has 0 aromatic heterocycles. The van der Waals surface area contributed by atoms with Crippen molar-refractivity contribution >= 4 is 44.9 Å². The standard InChI is InChI=1S/C14H20N2O2S3/c1-20-21-10-9-16-14(19)15-8-7-13(17)18-11-12-5-3-2-4-6-12/h2-6H,7-11H2,1H3,(H2,15,16,19). The molecule has 2 N–H and O–H groups in total. The largest absolute Gasteiger partial charge is 0.461 e. The van der Waals surface area contributed by atoms with E-state index in [0.29, 0.717) is 24.7 Å². The third-order valence-electron chi connectivity index (χ3n) is 2.45. The van der Waals surface area contributed by atoms with Gasteiger partial charge in [0.1, 0.15) is 6.61 Å². The molecule has 0 fully saturated rings. The minimum Gasteiger partial charge on any atom is -0.461 e. The van der Waals surface area contributed by atoms with Crippen LogP contribution >= 0.6 is 33.8 Å². The van der Waals surface area contributed by atoms with Crippen LogP contribution in [-0.2, 0) is 16.1 Å². The third-order valence-corrected chi connectivity index (χ3v) is 4.55. The van der Waals surface area contributed by atoms with E-state index in [2.05, 4.69) is 10.6 Å². The first-order valence-corrected chi connectivity index (χ1v) is 9.72. The maximum Gasteiger partial charge on any atom is 0.307 e. The van der Waals surface area contributed by atoms with Gasteiger partial charge in [0.05, 0.1) is 6.42 Å². The molecule has 0 saturated heterocycles. The lowest BCUT2D eigenvalue weighted by molar-refractivity contribution is -0.144. The molecule has 7 heteroatoms. The van der Waals surface area contributed by atoms with Crippen molar-refractivity contribution in [3.8, 4) is 0 Å². The summed E-state index contributed by atoms with van der Waals surface area (Å²) in [6.45, 7) is 1.61. The predicted molar refractivity (Wildman–Crippen MR) is 95.4 cm³/mol. The summed E-state index contributed by atoms with van der Waals surface area (Å²) >= 11 is 5.11. The molecule has 0 atom stereocenters. The van der Waals surface area contributed by atoms with E-state index in [1.807, 2.05) is 36.6 Å². The molecule has 21 heavy (non-hydrogen) atoms. The fourth-order valence-electron chi connectivity index (χ4n) is 1.44. The van der Waals surface area contributed by atoms with Crippen molar-refractivity contribution in [1.82, 2.24) is 10.6 Å². The highest BCUT2D eigenvalue weighted by atomic mass is 33.1. The highest BCUT2D eigenvalue weighted by Gasteiger charge is 2.03. The van der Waals surface area contributed by atoms with Crippen molar-refractivity contribution in [3.05, 3.63) is 35.9 Å². The van der Waals surface area contributed by atoms with Crippen LogP contribution in [0.3, 0.4) is 0 Å². The Morgan fingerprint density at radius 1 is 1.24 bits per heavy atom. The minimum absolute atomic E-state index is 0.230. The second kappa shape index (κ2) is 11.7. The molecular formula is C14H20N2O2S3. The summed E-state index contributed by atoms with van der Waals surface area (Å²) in [7, 11) is 3.51. The molecule has 0 unspecified atom stereocenters. The van der Waals surface area contributed by atoms with Gasteiger partial charge in [-0.25, -0.2) is 0 Å². The summed E-state index contributed by atoms with van der Waals surface area (Å²) in [6.07, 6.45) is 2.34. The van der Waals surface area contributed by atoms with Crippen molar-refractivity contribution < 1.29 is 9.53 Å². The van der Waals surface area contributed by atoms with Crippen LogP contribution in [0.25, 0.3) is 0 Å². The van der Waals surface area contributed by atoms with Crippen molar-refractivity contribution in [1.29, 1.82) is 0 Å². The Morgan fingerprint density at radius 2 is 1.95 bits per heavy atom. The Labute approximate surface area is 139 Å². The smallest absolute Gasteiger partial charge is 0.307 e. The van der Waals surface area contributed by atoms with E-state index in [1.54, 1.807) is 21.6 Å². The zero-order chi connectivity index (χ0) is 15.3. The fourth-order valence-corrected chi connectivity index (χ4v) is 2.75. The molecule has 4 nitrogen and oxygen atoms in total. The molecule has 0 radical (unpaired) electrons. The average molecular weight is 345 g/mol. The van der Waals surface area contributed by atoms with Crippen molar-refractivity contribution in [2.24, 2.45) is 0 Å². The van der Waals surface area contributed by atoms with E-state index in [9.17, 15) is 4.79 Å². The van der Waals surface area contributed by atoms with Crippen molar-refractivity contribution in [3.63, 3.8) is 0 Å². The molecule has 0 saturated carbocycles. The van der Waals surface area contributed by atoms with Gasteiger partial charge in [0, 0.05) is 18.8 Å². The molecule has 0 heterocycles. The number of carbonyl (C=O) groups excluding carboxylic acids is 1. The van der Waals surface area contributed by atoms with E-state index in [-0.39, 0.29) is 5.97 Å². The quantitative estimate of drug-likeness (QED) is 0.309. The number of thiocarbonyl (C=S) groups is 1. The van der Waals surface area contributed by atoms with Crippen LogP contribution in [0.1, 0.15) is 12.0 Å². The summed E-state index contributed by atoms with van der Waals surface area (Å²) in [5, 5.41) is 6.65. The first-order chi connectivity index (χ1) is 10.2. The predicted octanol–water partition coefficient (Wildman–Crippen LogP) is 2.60. The second-order valence-electron chi connectivity index (χ2n) is 4.07. The van der Waals surface area contributed by atoms with Gasteiger partial charge in [-0.05, 0) is 24.0 Å². The van der Waals surface area contributed by atoms with Crippen LogP contribution in [0, 0.1) is 0 Å². The third kappa shape index (κ3) is 9.60. The Balaban J connectivity index is 2.04. The maximum atomic E-state index is 11.6. The molecule has 0 bridgehead atoms. The number of hydrogen-bond donors (Lipinski definition) is 2. The van der Waals surface area contributed by atoms with Crippen LogP contribution in [0.5, 0.6) is 0 Å². The van der Waals surface area contributed by atoms with Gasteiger partial charge in [-0.3, -0.25) is 4.79 Å². The zero-order valence-electron chi connectivity index (χ0n) is 12.0. The van der Waals surface area contributed by atoms with Gasteiger partial charge < -0.3 is 15.4 Å². The number of ether oxygens (including phenoxy) is 1. The topological polar surface area (TPSA) is 50.4 Å². The Bertz CT molecular complexity index is 429. The summed E-state index contributed by atoms with van der Waals surface area (Å²) in [5.41, 5.74) is 0.988. The maximum absolute atomic E-state index is 11.6. The normalized spacial score (nSPS) is 9.95. The first kappa shape index (κ1) is 18.1. The summed E-state index contributed by atoms with van der Waals surface area (Å²) < 4.78 is 5.17. The number of rotatable bonds is 9. The molecule has 0 amide bonds.